The molecule has 0 atom stereocenters. The molecule has 0 aliphatic rings. The Balaban J connectivity index is -0.000000180. The van der Waals surface area contributed by atoms with Gasteiger partial charge in [0.15, 0.2) is 0 Å². The third-order valence-electron chi connectivity index (χ3n) is 0.449. The summed E-state index contributed by atoms with van der Waals surface area (Å²) < 4.78 is 9.89. The van der Waals surface area contributed by atoms with Crippen molar-refractivity contribution >= 4 is 66.7 Å². The summed E-state index contributed by atoms with van der Waals surface area (Å²) in [7, 11) is -3.73. The molecule has 0 bridgehead atoms. The summed E-state index contributed by atoms with van der Waals surface area (Å²) in [4.78, 5) is 16.2. The zero-order valence-electron chi connectivity index (χ0n) is 3.87. The molecular weight excluding hydrogens is 161 g/mol. The second kappa shape index (κ2) is 8.25. The average molecular weight is 171 g/mol. The van der Waals surface area contributed by atoms with Crippen LogP contribution in [0.4, 0.5) is 0 Å². The molecule has 1 radical (unpaired) electrons. The van der Waals surface area contributed by atoms with Crippen LogP contribution in [0.5, 0.6) is 0 Å². The van der Waals surface area contributed by atoms with Crippen LogP contribution >= 0.6 is 7.60 Å². The van der Waals surface area contributed by atoms with Crippen molar-refractivity contribution in [2.24, 2.45) is 0 Å². The van der Waals surface area contributed by atoms with Crippen molar-refractivity contribution in [3.8, 4) is 0 Å². The van der Waals surface area contributed by atoms with Crippen molar-refractivity contribution in [3.63, 3.8) is 0 Å². The van der Waals surface area contributed by atoms with Crippen LogP contribution in [0.15, 0.2) is 0 Å². The van der Waals surface area contributed by atoms with Gasteiger partial charge in [-0.15, -0.1) is 0 Å². The second-order valence-corrected chi connectivity index (χ2v) is 3.02. The Morgan fingerprint density at radius 3 is 1.67 bits per heavy atom. The van der Waals surface area contributed by atoms with Gasteiger partial charge >= 0.3 is 66.7 Å². The molecule has 0 aromatic heterocycles. The van der Waals surface area contributed by atoms with E-state index in [0.29, 0.717) is 6.42 Å². The first-order valence-corrected chi connectivity index (χ1v) is 3.70. The van der Waals surface area contributed by atoms with Gasteiger partial charge in [-0.05, 0) is 6.42 Å². The molecule has 0 rings (SSSR count). The van der Waals surface area contributed by atoms with Gasteiger partial charge in [0.05, 0.1) is 0 Å². The zero-order chi connectivity index (χ0) is 5.91. The van der Waals surface area contributed by atoms with Crippen LogP contribution in [0.25, 0.3) is 0 Å². The maximum absolute atomic E-state index is 9.89. The van der Waals surface area contributed by atoms with Crippen molar-refractivity contribution in [1.82, 2.24) is 0 Å². The monoisotopic (exact) mass is 171 g/mol. The summed E-state index contributed by atoms with van der Waals surface area (Å²) >= 11 is 0. The number of rotatable bonds is 2. The molecule has 0 aliphatic heterocycles. The van der Waals surface area contributed by atoms with Gasteiger partial charge in [-0.3, -0.25) is 4.57 Å². The minimum atomic E-state index is -3.73. The van der Waals surface area contributed by atoms with Crippen molar-refractivity contribution in [3.05, 3.63) is 6.92 Å². The molecule has 3 nitrogen and oxygen atoms in total. The molecule has 0 aromatic carbocycles. The maximum atomic E-state index is 9.89. The van der Waals surface area contributed by atoms with E-state index in [1.807, 2.05) is 0 Å². The molecule has 9 heavy (non-hydrogen) atoms. The van der Waals surface area contributed by atoms with E-state index in [2.05, 4.69) is 6.92 Å². The molecule has 0 saturated heterocycles. The fourth-order valence-electron chi connectivity index (χ4n) is 0.206. The van der Waals surface area contributed by atoms with Crippen molar-refractivity contribution < 1.29 is 14.4 Å². The van der Waals surface area contributed by atoms with Gasteiger partial charge in [-0.2, -0.15) is 0 Å². The van der Waals surface area contributed by atoms with Gasteiger partial charge in [0, 0.05) is 6.16 Å². The first kappa shape index (κ1) is 17.3. The van der Waals surface area contributed by atoms with Crippen LogP contribution in [-0.4, -0.2) is 75.1 Å². The van der Waals surface area contributed by atoms with Gasteiger partial charge in [-0.25, -0.2) is 0 Å². The first-order chi connectivity index (χ1) is 3.06. The third-order valence-corrected chi connectivity index (χ3v) is 1.35. The summed E-state index contributed by atoms with van der Waals surface area (Å²) in [6, 6.07) is 0. The average Bonchev–Trinajstić information content (AvgIpc) is 1.30. The molecule has 0 fully saturated rings. The van der Waals surface area contributed by atoms with Gasteiger partial charge < -0.3 is 9.79 Å². The van der Waals surface area contributed by atoms with Gasteiger partial charge in [0.1, 0.15) is 0 Å². The molecule has 0 aliphatic carbocycles. The predicted octanol–water partition coefficient (Wildman–Crippen LogP) is -0.909. The van der Waals surface area contributed by atoms with Gasteiger partial charge in [-0.1, -0.05) is 6.92 Å². The fourth-order valence-corrected chi connectivity index (χ4v) is 0.618. The van der Waals surface area contributed by atoms with Crippen LogP contribution in [0.3, 0.4) is 0 Å². The number of hydrogen-bond donors (Lipinski definition) is 2. The van der Waals surface area contributed by atoms with Crippen LogP contribution in [0.1, 0.15) is 6.42 Å². The van der Waals surface area contributed by atoms with E-state index in [-0.39, 0.29) is 65.3 Å². The van der Waals surface area contributed by atoms with E-state index in [4.69, 9.17) is 9.79 Å². The van der Waals surface area contributed by atoms with Crippen LogP contribution in [-0.2, 0) is 4.57 Å². The Kier molecular flexibility index (Phi) is 15.8. The normalized spacial score (nSPS) is 9.22. The molecule has 2 N–H and O–H groups in total. The van der Waals surface area contributed by atoms with Gasteiger partial charge in [0.25, 0.3) is 0 Å². The Morgan fingerprint density at radius 1 is 1.33 bits per heavy atom. The summed E-state index contributed by atoms with van der Waals surface area (Å²) in [5.74, 6) is 0. The first-order valence-electron chi connectivity index (χ1n) is 1.90. The molecule has 0 spiro atoms. The summed E-state index contributed by atoms with van der Waals surface area (Å²) in [5, 5.41) is 0. The Labute approximate surface area is 99.3 Å². The van der Waals surface area contributed by atoms with E-state index in [9.17, 15) is 4.57 Å². The van der Waals surface area contributed by atoms with Gasteiger partial charge in [0.2, 0.25) is 0 Å². The standard InChI is InChI=1S/C3H8O3P.2Na.2H/c1-2-3-7(4,5)6;;;;/h1-3H2,(H2,4,5,6);;;;. The topological polar surface area (TPSA) is 57.5 Å². The molecule has 0 unspecified atom stereocenters. The molecule has 0 saturated carbocycles. The van der Waals surface area contributed by atoms with Crippen molar-refractivity contribution in [2.75, 3.05) is 6.16 Å². The van der Waals surface area contributed by atoms with E-state index in [0.717, 1.165) is 0 Å². The summed E-state index contributed by atoms with van der Waals surface area (Å²) in [6.07, 6.45) is 0.192. The van der Waals surface area contributed by atoms with E-state index in [1.165, 1.54) is 0 Å². The molecular formula is C3H10Na2O3P. The fraction of sp³-hybridized carbons (Fsp3) is 0.667. The van der Waals surface area contributed by atoms with Crippen LogP contribution < -0.4 is 0 Å². The third kappa shape index (κ3) is 17.8. The van der Waals surface area contributed by atoms with E-state index < -0.39 is 7.60 Å². The molecule has 0 amide bonds. The Morgan fingerprint density at radius 2 is 1.67 bits per heavy atom. The molecule has 6 heteroatoms. The van der Waals surface area contributed by atoms with Crippen molar-refractivity contribution in [2.45, 2.75) is 6.42 Å². The minimum absolute atomic E-state index is 0. The van der Waals surface area contributed by atoms with Crippen LogP contribution in [0.2, 0.25) is 0 Å². The van der Waals surface area contributed by atoms with Crippen LogP contribution in [0, 0.1) is 6.92 Å². The zero-order valence-corrected chi connectivity index (χ0v) is 4.77. The summed E-state index contributed by atoms with van der Waals surface area (Å²) in [6.45, 7) is 3.28. The summed E-state index contributed by atoms with van der Waals surface area (Å²) in [5.41, 5.74) is 0. The van der Waals surface area contributed by atoms with Crippen molar-refractivity contribution in [1.29, 1.82) is 0 Å². The Bertz CT molecular complexity index is 91.1. The van der Waals surface area contributed by atoms with E-state index >= 15 is 0 Å². The quantitative estimate of drug-likeness (QED) is 0.417. The van der Waals surface area contributed by atoms with E-state index in [1.54, 1.807) is 0 Å². The molecule has 0 heterocycles. The SMILES string of the molecule is [CH2]CCP(=O)(O)O.[NaH].[NaH]. The predicted molar refractivity (Wildman–Crippen MR) is 41.2 cm³/mol. The molecule has 0 aromatic rings. The molecule has 47 valence electrons. The number of hydrogen-bond acceptors (Lipinski definition) is 1. The second-order valence-electron chi connectivity index (χ2n) is 1.24. The Hall–Kier alpha value is 2.15.